The Morgan fingerprint density at radius 2 is 2.50 bits per heavy atom. The number of hydrogen-bond donors (Lipinski definition) is 0. The highest BCUT2D eigenvalue weighted by Gasteiger charge is 1.87. The summed E-state index contributed by atoms with van der Waals surface area (Å²) in [5, 5.41) is 4.21. The Balaban J connectivity index is 2.55. The predicted molar refractivity (Wildman–Crippen MR) is 51.7 cm³/mol. The molecule has 0 fully saturated rings. The summed E-state index contributed by atoms with van der Waals surface area (Å²) in [7, 11) is 0. The van der Waals surface area contributed by atoms with Crippen molar-refractivity contribution in [3.8, 4) is 0 Å². The largest absolute Gasteiger partial charge is 0.152 e. The van der Waals surface area contributed by atoms with Gasteiger partial charge in [-0.2, -0.15) is 11.3 Å². The van der Waals surface area contributed by atoms with Crippen LogP contribution in [0.4, 0.5) is 0 Å². The van der Waals surface area contributed by atoms with E-state index in [4.69, 9.17) is 0 Å². The van der Waals surface area contributed by atoms with Crippen LogP contribution < -0.4 is 0 Å². The molecule has 0 N–H and O–H groups in total. The van der Waals surface area contributed by atoms with Gasteiger partial charge in [-0.1, -0.05) is 28.1 Å². The molecule has 54 valence electrons. The number of alkyl halides is 1. The highest BCUT2D eigenvalue weighted by molar-refractivity contribution is 9.09. The van der Waals surface area contributed by atoms with Crippen molar-refractivity contribution in [1.29, 1.82) is 0 Å². The van der Waals surface area contributed by atoms with Crippen molar-refractivity contribution in [1.82, 2.24) is 0 Å². The van der Waals surface area contributed by atoms with Gasteiger partial charge >= 0.3 is 0 Å². The molecule has 0 saturated carbocycles. The second-order valence-electron chi connectivity index (χ2n) is 2.09. The number of rotatable bonds is 2. The molecule has 0 aliphatic heterocycles. The summed E-state index contributed by atoms with van der Waals surface area (Å²) in [4.78, 5) is 0.465. The first kappa shape index (κ1) is 8.02. The molecule has 10 heavy (non-hydrogen) atoms. The molecule has 2 heteroatoms. The lowest BCUT2D eigenvalue weighted by Gasteiger charge is -1.88. The molecule has 1 unspecified atom stereocenters. The van der Waals surface area contributed by atoms with Crippen molar-refractivity contribution in [2.75, 3.05) is 0 Å². The first-order valence-electron chi connectivity index (χ1n) is 3.13. The van der Waals surface area contributed by atoms with Gasteiger partial charge in [0.05, 0.1) is 0 Å². The quantitative estimate of drug-likeness (QED) is 0.664. The van der Waals surface area contributed by atoms with Gasteiger partial charge in [0.1, 0.15) is 0 Å². The van der Waals surface area contributed by atoms with Crippen LogP contribution in [-0.2, 0) is 0 Å². The van der Waals surface area contributed by atoms with E-state index in [1.54, 1.807) is 11.3 Å². The van der Waals surface area contributed by atoms with Crippen LogP contribution in [0.2, 0.25) is 0 Å². The lowest BCUT2D eigenvalue weighted by molar-refractivity contribution is 1.28. The van der Waals surface area contributed by atoms with Crippen LogP contribution in [0.5, 0.6) is 0 Å². The molecule has 1 rings (SSSR count). The van der Waals surface area contributed by atoms with E-state index in [9.17, 15) is 0 Å². The lowest BCUT2D eigenvalue weighted by Crippen LogP contribution is -1.77. The van der Waals surface area contributed by atoms with Crippen molar-refractivity contribution in [2.45, 2.75) is 11.8 Å². The van der Waals surface area contributed by atoms with Crippen LogP contribution in [0.25, 0.3) is 6.08 Å². The van der Waals surface area contributed by atoms with Gasteiger partial charge < -0.3 is 0 Å². The average Bonchev–Trinajstić information content (AvgIpc) is 2.34. The smallest absolute Gasteiger partial charge is 0.0300 e. The Hall–Kier alpha value is -0.0800. The van der Waals surface area contributed by atoms with Crippen molar-refractivity contribution >= 4 is 33.3 Å². The first-order valence-corrected chi connectivity index (χ1v) is 4.99. The topological polar surface area (TPSA) is 0 Å². The minimum Gasteiger partial charge on any atom is -0.152 e. The van der Waals surface area contributed by atoms with Gasteiger partial charge in [0, 0.05) is 4.83 Å². The highest BCUT2D eigenvalue weighted by Crippen LogP contribution is 2.09. The second kappa shape index (κ2) is 3.94. The van der Waals surface area contributed by atoms with Crippen LogP contribution in [0.3, 0.4) is 0 Å². The SMILES string of the molecule is CC(Br)/C=C/c1ccsc1. The maximum atomic E-state index is 3.44. The van der Waals surface area contributed by atoms with Gasteiger partial charge in [-0.15, -0.1) is 0 Å². The molecule has 1 aromatic heterocycles. The van der Waals surface area contributed by atoms with E-state index in [1.807, 2.05) is 0 Å². The summed E-state index contributed by atoms with van der Waals surface area (Å²) in [6.07, 6.45) is 4.25. The van der Waals surface area contributed by atoms with Gasteiger partial charge in [0.25, 0.3) is 0 Å². The average molecular weight is 217 g/mol. The van der Waals surface area contributed by atoms with Gasteiger partial charge in [-0.05, 0) is 29.3 Å². The Labute approximate surface area is 73.7 Å². The fourth-order valence-electron chi connectivity index (χ4n) is 0.614. The molecular weight excluding hydrogens is 208 g/mol. The number of thiophene rings is 1. The van der Waals surface area contributed by atoms with Gasteiger partial charge in [-0.3, -0.25) is 0 Å². The summed E-state index contributed by atoms with van der Waals surface area (Å²) >= 11 is 5.16. The van der Waals surface area contributed by atoms with Crippen LogP contribution in [0.1, 0.15) is 12.5 Å². The minimum atomic E-state index is 0.465. The Kier molecular flexibility index (Phi) is 3.16. The molecule has 0 aliphatic rings. The Morgan fingerprint density at radius 1 is 1.70 bits per heavy atom. The molecule has 1 aromatic rings. The molecule has 0 radical (unpaired) electrons. The van der Waals surface area contributed by atoms with Crippen LogP contribution in [-0.4, -0.2) is 4.83 Å². The second-order valence-corrected chi connectivity index (χ2v) is 4.32. The minimum absolute atomic E-state index is 0.465. The van der Waals surface area contributed by atoms with Crippen molar-refractivity contribution < 1.29 is 0 Å². The molecule has 0 saturated heterocycles. The van der Waals surface area contributed by atoms with E-state index in [2.05, 4.69) is 51.8 Å². The molecule has 0 amide bonds. The Morgan fingerprint density at radius 3 is 3.00 bits per heavy atom. The zero-order chi connectivity index (χ0) is 7.40. The summed E-state index contributed by atoms with van der Waals surface area (Å²) in [5.41, 5.74) is 1.29. The third-order valence-corrected chi connectivity index (χ3v) is 2.10. The van der Waals surface area contributed by atoms with Crippen LogP contribution in [0, 0.1) is 0 Å². The maximum absolute atomic E-state index is 3.44. The normalized spacial score (nSPS) is 14.2. The molecule has 1 atom stereocenters. The van der Waals surface area contributed by atoms with E-state index >= 15 is 0 Å². The van der Waals surface area contributed by atoms with Gasteiger partial charge in [-0.25, -0.2) is 0 Å². The van der Waals surface area contributed by atoms with Crippen molar-refractivity contribution in [2.24, 2.45) is 0 Å². The number of halogens is 1. The van der Waals surface area contributed by atoms with Crippen molar-refractivity contribution in [3.63, 3.8) is 0 Å². The molecule has 0 aromatic carbocycles. The molecule has 0 aliphatic carbocycles. The standard InChI is InChI=1S/C8H9BrS/c1-7(9)2-3-8-4-5-10-6-8/h2-7H,1H3/b3-2+. The van der Waals surface area contributed by atoms with Crippen LogP contribution in [0.15, 0.2) is 22.9 Å². The predicted octanol–water partition coefficient (Wildman–Crippen LogP) is 3.54. The highest BCUT2D eigenvalue weighted by atomic mass is 79.9. The summed E-state index contributed by atoms with van der Waals surface area (Å²) in [6.45, 7) is 2.10. The van der Waals surface area contributed by atoms with E-state index in [-0.39, 0.29) is 0 Å². The lowest BCUT2D eigenvalue weighted by atomic mass is 10.3. The number of hydrogen-bond acceptors (Lipinski definition) is 1. The van der Waals surface area contributed by atoms with E-state index < -0.39 is 0 Å². The van der Waals surface area contributed by atoms with E-state index in [1.165, 1.54) is 5.56 Å². The van der Waals surface area contributed by atoms with E-state index in [0.29, 0.717) is 4.83 Å². The summed E-state index contributed by atoms with van der Waals surface area (Å²) in [6, 6.07) is 2.11. The zero-order valence-electron chi connectivity index (χ0n) is 5.75. The molecular formula is C8H9BrS. The Bertz CT molecular complexity index is 199. The van der Waals surface area contributed by atoms with E-state index in [0.717, 1.165) is 0 Å². The monoisotopic (exact) mass is 216 g/mol. The van der Waals surface area contributed by atoms with Crippen LogP contribution >= 0.6 is 27.3 Å². The summed E-state index contributed by atoms with van der Waals surface area (Å²) in [5.74, 6) is 0. The number of allylic oxidation sites excluding steroid dienone is 1. The maximum Gasteiger partial charge on any atom is 0.0300 e. The fourth-order valence-corrected chi connectivity index (χ4v) is 1.39. The van der Waals surface area contributed by atoms with Gasteiger partial charge in [0.2, 0.25) is 0 Å². The first-order chi connectivity index (χ1) is 4.79. The zero-order valence-corrected chi connectivity index (χ0v) is 8.15. The molecule has 0 nitrogen and oxygen atoms in total. The van der Waals surface area contributed by atoms with Gasteiger partial charge in [0.15, 0.2) is 0 Å². The third-order valence-electron chi connectivity index (χ3n) is 1.10. The molecule has 0 spiro atoms. The third kappa shape index (κ3) is 2.67. The summed E-state index contributed by atoms with van der Waals surface area (Å²) < 4.78 is 0. The van der Waals surface area contributed by atoms with Crippen molar-refractivity contribution in [3.05, 3.63) is 28.5 Å². The molecule has 0 bridgehead atoms. The fraction of sp³-hybridized carbons (Fsp3) is 0.250. The molecule has 1 heterocycles.